The number of carboxylic acid groups (broad SMARTS) is 1. The van der Waals surface area contributed by atoms with Crippen LogP contribution < -0.4 is 15.0 Å². The minimum Gasteiger partial charge on any atom is -0.489 e. The summed E-state index contributed by atoms with van der Waals surface area (Å²) in [5.74, 6) is -0.796. The van der Waals surface area contributed by atoms with Crippen molar-refractivity contribution >= 4 is 28.2 Å². The fourth-order valence-electron chi connectivity index (χ4n) is 3.23. The number of anilines is 2. The van der Waals surface area contributed by atoms with Gasteiger partial charge in [-0.25, -0.2) is 9.78 Å². The minimum absolute atomic E-state index is 0.0553. The number of carboxylic acids is 1. The zero-order valence-corrected chi connectivity index (χ0v) is 14.9. The Labute approximate surface area is 147 Å². The topological polar surface area (TPSA) is 77.9 Å². The standard InChI is InChI=1S/C18H24N4O3/c1-4-25-17-15(19-2)12-6-5-7-13(14(12)20-16(17)18(23)24)22-10-8-21(3)9-11-22/h5-7H,4,8-11H2,1-3H3,(H,19,20)(H,23,24). The summed E-state index contributed by atoms with van der Waals surface area (Å²) in [5.41, 5.74) is 2.27. The summed E-state index contributed by atoms with van der Waals surface area (Å²) in [4.78, 5) is 20.8. The molecule has 0 saturated carbocycles. The molecule has 1 aromatic carbocycles. The van der Waals surface area contributed by atoms with Gasteiger partial charge in [0.2, 0.25) is 0 Å². The Balaban J connectivity index is 2.21. The van der Waals surface area contributed by atoms with E-state index in [2.05, 4.69) is 27.1 Å². The summed E-state index contributed by atoms with van der Waals surface area (Å²) in [6.45, 7) is 5.93. The van der Waals surface area contributed by atoms with Crippen molar-refractivity contribution in [2.24, 2.45) is 0 Å². The zero-order chi connectivity index (χ0) is 18.0. The van der Waals surface area contributed by atoms with Gasteiger partial charge in [0, 0.05) is 38.6 Å². The second kappa shape index (κ2) is 7.14. The number of nitrogens with zero attached hydrogens (tertiary/aromatic N) is 3. The van der Waals surface area contributed by atoms with E-state index < -0.39 is 5.97 Å². The van der Waals surface area contributed by atoms with Crippen LogP contribution in [0.25, 0.3) is 10.9 Å². The summed E-state index contributed by atoms with van der Waals surface area (Å²) in [6.07, 6.45) is 0. The molecule has 0 radical (unpaired) electrons. The normalized spacial score (nSPS) is 15.4. The molecule has 0 bridgehead atoms. The molecule has 0 atom stereocenters. The number of carbonyl (C=O) groups is 1. The number of pyridine rings is 1. The third kappa shape index (κ3) is 3.19. The van der Waals surface area contributed by atoms with Crippen LogP contribution in [0.2, 0.25) is 0 Å². The highest BCUT2D eigenvalue weighted by atomic mass is 16.5. The number of aromatic carboxylic acids is 1. The second-order valence-electron chi connectivity index (χ2n) is 6.12. The average Bonchev–Trinajstić information content (AvgIpc) is 2.61. The van der Waals surface area contributed by atoms with Gasteiger partial charge in [-0.1, -0.05) is 12.1 Å². The van der Waals surface area contributed by atoms with E-state index in [1.807, 2.05) is 25.1 Å². The molecule has 1 saturated heterocycles. The van der Waals surface area contributed by atoms with E-state index in [0.717, 1.165) is 37.3 Å². The Kier molecular flexibility index (Phi) is 4.94. The molecular formula is C18H24N4O3. The highest BCUT2D eigenvalue weighted by molar-refractivity contribution is 6.05. The largest absolute Gasteiger partial charge is 0.489 e. The third-order valence-corrected chi connectivity index (χ3v) is 4.54. The van der Waals surface area contributed by atoms with Crippen LogP contribution in [0.15, 0.2) is 18.2 Å². The summed E-state index contributed by atoms with van der Waals surface area (Å²) in [7, 11) is 3.88. The van der Waals surface area contributed by atoms with Gasteiger partial charge >= 0.3 is 5.97 Å². The summed E-state index contributed by atoms with van der Waals surface area (Å²) in [6, 6.07) is 5.93. The number of piperazine rings is 1. The van der Waals surface area contributed by atoms with Crippen molar-refractivity contribution in [2.45, 2.75) is 6.92 Å². The zero-order valence-electron chi connectivity index (χ0n) is 14.9. The number of nitrogens with one attached hydrogen (secondary N) is 1. The molecule has 1 aromatic heterocycles. The van der Waals surface area contributed by atoms with Crippen molar-refractivity contribution in [3.05, 3.63) is 23.9 Å². The van der Waals surface area contributed by atoms with E-state index in [4.69, 9.17) is 4.74 Å². The average molecular weight is 344 g/mol. The van der Waals surface area contributed by atoms with Gasteiger partial charge in [-0.15, -0.1) is 0 Å². The highest BCUT2D eigenvalue weighted by Gasteiger charge is 2.24. The molecule has 1 fully saturated rings. The number of aromatic nitrogens is 1. The summed E-state index contributed by atoms with van der Waals surface area (Å²) >= 11 is 0. The second-order valence-corrected chi connectivity index (χ2v) is 6.12. The van der Waals surface area contributed by atoms with E-state index >= 15 is 0 Å². The molecule has 0 amide bonds. The maximum absolute atomic E-state index is 11.7. The maximum atomic E-state index is 11.7. The van der Waals surface area contributed by atoms with Gasteiger partial charge in [0.25, 0.3) is 0 Å². The SMILES string of the molecule is CCOc1c(C(=O)O)nc2c(N3CCN(C)CC3)cccc2c1NC. The van der Waals surface area contributed by atoms with Gasteiger partial charge in [0.1, 0.15) is 0 Å². The molecule has 3 rings (SSSR count). The molecule has 0 aliphatic carbocycles. The lowest BCUT2D eigenvalue weighted by Gasteiger charge is -2.34. The fraction of sp³-hybridized carbons (Fsp3) is 0.444. The van der Waals surface area contributed by atoms with Crippen molar-refractivity contribution in [1.29, 1.82) is 0 Å². The lowest BCUT2D eigenvalue weighted by atomic mass is 10.1. The third-order valence-electron chi connectivity index (χ3n) is 4.54. The number of likely N-dealkylation sites (N-methyl/N-ethyl adjacent to an activating group) is 1. The Hall–Kier alpha value is -2.54. The molecule has 2 heterocycles. The van der Waals surface area contributed by atoms with Crippen LogP contribution >= 0.6 is 0 Å². The number of benzene rings is 1. The predicted octanol–water partition coefficient (Wildman–Crippen LogP) is 2.13. The quantitative estimate of drug-likeness (QED) is 0.860. The van der Waals surface area contributed by atoms with E-state index in [-0.39, 0.29) is 5.69 Å². The fourth-order valence-corrected chi connectivity index (χ4v) is 3.23. The summed E-state index contributed by atoms with van der Waals surface area (Å²) < 4.78 is 5.60. The minimum atomic E-state index is -1.09. The van der Waals surface area contributed by atoms with Gasteiger partial charge in [-0.2, -0.15) is 0 Å². The van der Waals surface area contributed by atoms with Crippen molar-refractivity contribution in [3.8, 4) is 5.75 Å². The number of rotatable bonds is 5. The molecule has 1 aliphatic heterocycles. The number of fused-ring (bicyclic) bond motifs is 1. The van der Waals surface area contributed by atoms with E-state index in [1.165, 1.54) is 0 Å². The Morgan fingerprint density at radius 3 is 2.64 bits per heavy atom. The van der Waals surface area contributed by atoms with Crippen LogP contribution in [0.1, 0.15) is 17.4 Å². The highest BCUT2D eigenvalue weighted by Crippen LogP contribution is 2.38. The van der Waals surface area contributed by atoms with E-state index in [1.54, 1.807) is 7.05 Å². The molecule has 1 aliphatic rings. The molecule has 7 nitrogen and oxygen atoms in total. The van der Waals surface area contributed by atoms with E-state index in [9.17, 15) is 9.90 Å². The summed E-state index contributed by atoms with van der Waals surface area (Å²) in [5, 5.41) is 13.6. The first kappa shape index (κ1) is 17.3. The first-order chi connectivity index (χ1) is 12.1. The van der Waals surface area contributed by atoms with Gasteiger partial charge in [0.15, 0.2) is 11.4 Å². The van der Waals surface area contributed by atoms with Crippen LogP contribution in [-0.2, 0) is 0 Å². The number of para-hydroxylation sites is 1. The molecule has 2 N–H and O–H groups in total. The van der Waals surface area contributed by atoms with Gasteiger partial charge in [-0.05, 0) is 20.0 Å². The Morgan fingerprint density at radius 1 is 1.32 bits per heavy atom. The van der Waals surface area contributed by atoms with Crippen molar-refractivity contribution < 1.29 is 14.6 Å². The van der Waals surface area contributed by atoms with Crippen molar-refractivity contribution in [1.82, 2.24) is 9.88 Å². The number of ether oxygens (including phenoxy) is 1. The molecule has 2 aromatic rings. The number of hydrogen-bond acceptors (Lipinski definition) is 6. The monoisotopic (exact) mass is 344 g/mol. The van der Waals surface area contributed by atoms with Crippen molar-refractivity contribution in [3.63, 3.8) is 0 Å². The Bertz CT molecular complexity index is 785. The first-order valence-electron chi connectivity index (χ1n) is 8.50. The molecule has 7 heteroatoms. The van der Waals surface area contributed by atoms with Crippen LogP contribution in [-0.4, -0.2) is 67.8 Å². The van der Waals surface area contributed by atoms with Gasteiger partial charge in [0.05, 0.1) is 23.5 Å². The molecule has 25 heavy (non-hydrogen) atoms. The molecule has 0 spiro atoms. The van der Waals surface area contributed by atoms with Crippen LogP contribution in [0.4, 0.5) is 11.4 Å². The van der Waals surface area contributed by atoms with Crippen LogP contribution in [0, 0.1) is 0 Å². The number of hydrogen-bond donors (Lipinski definition) is 2. The smallest absolute Gasteiger partial charge is 0.358 e. The van der Waals surface area contributed by atoms with Gasteiger partial charge < -0.3 is 25.0 Å². The van der Waals surface area contributed by atoms with E-state index in [0.29, 0.717) is 23.6 Å². The molecular weight excluding hydrogens is 320 g/mol. The Morgan fingerprint density at radius 2 is 2.04 bits per heavy atom. The van der Waals surface area contributed by atoms with Gasteiger partial charge in [-0.3, -0.25) is 0 Å². The maximum Gasteiger partial charge on any atom is 0.358 e. The first-order valence-corrected chi connectivity index (χ1v) is 8.50. The van der Waals surface area contributed by atoms with Crippen molar-refractivity contribution in [2.75, 3.05) is 57.1 Å². The molecule has 0 unspecified atom stereocenters. The lowest BCUT2D eigenvalue weighted by Crippen LogP contribution is -2.44. The van der Waals surface area contributed by atoms with Crippen LogP contribution in [0.3, 0.4) is 0 Å². The predicted molar refractivity (Wildman–Crippen MR) is 99.1 cm³/mol. The lowest BCUT2D eigenvalue weighted by molar-refractivity contribution is 0.0686. The van der Waals surface area contributed by atoms with Crippen LogP contribution in [0.5, 0.6) is 5.75 Å². The molecule has 134 valence electrons.